The van der Waals surface area contributed by atoms with Crippen molar-refractivity contribution < 1.29 is 10.7 Å². The van der Waals surface area contributed by atoms with Gasteiger partial charge in [0.1, 0.15) is 5.78 Å². The number of Topliss-reactive ketones (excluding diaryl/α,β-unsaturated/α-hetero) is 1. The minimum absolute atomic E-state index is 0.345. The molecule has 1 heteroatoms. The van der Waals surface area contributed by atoms with Gasteiger partial charge in [-0.05, 0) is 24.7 Å². The van der Waals surface area contributed by atoms with Crippen LogP contribution in [0.1, 0.15) is 46.0 Å². The summed E-state index contributed by atoms with van der Waals surface area (Å²) >= 11 is 0. The molecule has 0 aromatic rings. The fraction of sp³-hybridized carbons (Fsp3) is 0.900. The Bertz CT molecular complexity index is 162. The maximum atomic E-state index is 11.2. The lowest BCUT2D eigenvalue weighted by molar-refractivity contribution is -0.120. The second-order valence-electron chi connectivity index (χ2n) is 4.18. The Morgan fingerprint density at radius 3 is 2.73 bits per heavy atom. The Hall–Kier alpha value is -0.330. The minimum atomic E-state index is 0.345. The van der Waals surface area contributed by atoms with Crippen molar-refractivity contribution in [2.24, 2.45) is 17.8 Å². The quantitative estimate of drug-likeness (QED) is 0.609. The van der Waals surface area contributed by atoms with Gasteiger partial charge in [-0.15, -0.1) is 0 Å². The van der Waals surface area contributed by atoms with Crippen LogP contribution in [-0.4, -0.2) is 5.78 Å². The number of rotatable bonds is 2. The van der Waals surface area contributed by atoms with Crippen LogP contribution >= 0.6 is 0 Å². The Kier molecular flexibility index (Phi) is 1.91. The normalized spacial score (nSPS) is 33.3. The maximum Gasteiger partial charge on any atom is 0.135 e. The molecule has 0 aromatic carbocycles. The van der Waals surface area contributed by atoms with Crippen molar-refractivity contribution in [3.8, 4) is 0 Å². The summed E-state index contributed by atoms with van der Waals surface area (Å²) in [7, 11) is 0. The lowest BCUT2D eigenvalue weighted by Gasteiger charge is -2.15. The topological polar surface area (TPSA) is 17.1 Å². The van der Waals surface area contributed by atoms with Crippen LogP contribution in [0.4, 0.5) is 0 Å². The second kappa shape index (κ2) is 3.38. The minimum Gasteiger partial charge on any atom is -0.299 e. The zero-order valence-electron chi connectivity index (χ0n) is 11.8. The molecule has 0 saturated heterocycles. The number of hydrogen-bond donors (Lipinski definition) is 0. The molecule has 0 bridgehead atoms. The predicted octanol–water partition coefficient (Wildman–Crippen LogP) is 3.14. The fourth-order valence-corrected chi connectivity index (χ4v) is 2.00. The fourth-order valence-electron chi connectivity index (χ4n) is 2.00. The van der Waals surface area contributed by atoms with Crippen molar-refractivity contribution in [1.82, 2.24) is 0 Å². The van der Waals surface area contributed by atoms with Gasteiger partial charge in [0.2, 0.25) is 0 Å². The molecule has 0 N–H and O–H groups in total. The van der Waals surface area contributed by atoms with E-state index in [1.807, 2.05) is 0 Å². The summed E-state index contributed by atoms with van der Waals surface area (Å²) in [6, 6.07) is 0. The number of ketones is 1. The highest BCUT2D eigenvalue weighted by molar-refractivity contribution is 5.82. The number of hydrogen-bond acceptors (Lipinski definition) is 1. The highest BCUT2D eigenvalue weighted by Gasteiger charge is 2.30. The summed E-state index contributed by atoms with van der Waals surface area (Å²) in [5.74, 6) is 2.25. The van der Waals surface area contributed by atoms with Crippen molar-refractivity contribution in [1.29, 1.82) is 0 Å². The van der Waals surface area contributed by atoms with Gasteiger partial charge in [0.25, 0.3) is 0 Å². The van der Waals surface area contributed by atoms with Crippen LogP contribution in [0.5, 0.6) is 0 Å². The molecule has 0 aliphatic heterocycles. The van der Waals surface area contributed by atoms with Crippen molar-refractivity contribution in [2.75, 3.05) is 0 Å². The third-order valence-corrected chi connectivity index (χ3v) is 2.75. The van der Waals surface area contributed by atoms with Gasteiger partial charge in [-0.2, -0.15) is 0 Å². The van der Waals surface area contributed by atoms with Gasteiger partial charge >= 0.3 is 0 Å². The molecule has 1 fully saturated rings. The lowest BCUT2D eigenvalue weighted by Crippen LogP contribution is -2.12. The zero-order chi connectivity index (χ0) is 12.4. The number of carbonyl (C=O) groups is 1. The monoisotopic (exact) mass is 162 g/mol. The smallest absolute Gasteiger partial charge is 0.135 e. The van der Waals surface area contributed by atoms with Crippen LogP contribution in [0, 0.1) is 17.8 Å². The highest BCUT2D eigenvalue weighted by Crippen LogP contribution is 2.32. The molecule has 0 heterocycles. The summed E-state index contributed by atoms with van der Waals surface area (Å²) in [6.45, 7) is 6.55. The van der Waals surface area contributed by atoms with Crippen LogP contribution in [0.15, 0.2) is 0 Å². The van der Waals surface area contributed by atoms with Gasteiger partial charge in [-0.25, -0.2) is 0 Å². The Morgan fingerprint density at radius 2 is 2.36 bits per heavy atom. The van der Waals surface area contributed by atoms with E-state index in [0.29, 0.717) is 17.6 Å². The van der Waals surface area contributed by atoms with E-state index in [1.165, 1.54) is 6.42 Å². The summed E-state index contributed by atoms with van der Waals surface area (Å²) in [5, 5.41) is 0. The van der Waals surface area contributed by atoms with Gasteiger partial charge < -0.3 is 0 Å². The molecule has 1 aliphatic rings. The zero-order valence-corrected chi connectivity index (χ0v) is 7.76. The van der Waals surface area contributed by atoms with Gasteiger partial charge in [-0.1, -0.05) is 20.8 Å². The Balaban J connectivity index is 0. The molecule has 0 aromatic heterocycles. The first kappa shape index (κ1) is 6.22. The van der Waals surface area contributed by atoms with Gasteiger partial charge in [0, 0.05) is 18.3 Å². The molecule has 1 nitrogen and oxygen atoms in total. The van der Waals surface area contributed by atoms with Crippen LogP contribution in [0.3, 0.4) is 0 Å². The molecular weight excluding hydrogens is 136 g/mol. The van der Waals surface area contributed by atoms with Crippen molar-refractivity contribution in [3.05, 3.63) is 0 Å². The maximum absolute atomic E-state index is 11.2. The van der Waals surface area contributed by atoms with Crippen LogP contribution in [-0.2, 0) is 4.79 Å². The van der Waals surface area contributed by atoms with Crippen molar-refractivity contribution >= 4 is 5.78 Å². The van der Waals surface area contributed by atoms with Crippen LogP contribution in [0.2, 0.25) is 0 Å². The molecule has 1 aliphatic carbocycles. The summed E-state index contributed by atoms with van der Waals surface area (Å²) < 4.78 is 20.0. The van der Waals surface area contributed by atoms with Gasteiger partial charge in [-0.3, -0.25) is 4.79 Å². The van der Waals surface area contributed by atoms with E-state index < -0.39 is 0 Å². The Morgan fingerprint density at radius 1 is 1.73 bits per heavy atom. The van der Waals surface area contributed by atoms with E-state index in [4.69, 9.17) is 5.94 Å². The molecule has 1 rings (SSSR count). The molecule has 2 unspecified atom stereocenters. The lowest BCUT2D eigenvalue weighted by atomic mass is 9.89. The van der Waals surface area contributed by atoms with Crippen LogP contribution in [0.25, 0.3) is 0 Å². The molecule has 0 spiro atoms. The van der Waals surface area contributed by atoms with Crippen molar-refractivity contribution in [2.45, 2.75) is 40.0 Å². The molecule has 1 saturated carbocycles. The second-order valence-corrected chi connectivity index (χ2v) is 4.18. The third kappa shape index (κ3) is 2.05. The molecule has 11 heavy (non-hydrogen) atoms. The Labute approximate surface area is 75.4 Å². The first-order valence-electron chi connectivity index (χ1n) is 6.64. The van der Waals surface area contributed by atoms with E-state index in [9.17, 15) is 4.79 Å². The highest BCUT2D eigenvalue weighted by atomic mass is 16.1. The van der Waals surface area contributed by atoms with E-state index in [2.05, 4.69) is 20.8 Å². The molecule has 2 atom stereocenters. The standard InChI is InChI=1S/C10H18O.2H2/c1-7(2)6-9-4-5-10(11)8(9)3;;/h7-9H,4-6H2,1-3H3;2*1H/i;2*1+1D. The van der Waals surface area contributed by atoms with Crippen molar-refractivity contribution in [3.63, 3.8) is 0 Å². The van der Waals surface area contributed by atoms with Gasteiger partial charge in [0.15, 0.2) is 0 Å². The largest absolute Gasteiger partial charge is 0.299 e. The van der Waals surface area contributed by atoms with Crippen LogP contribution < -0.4 is 0 Å². The van der Waals surface area contributed by atoms with E-state index in [1.54, 1.807) is 0 Å². The van der Waals surface area contributed by atoms with Gasteiger partial charge in [0.05, 0.1) is 0 Å². The average molecular weight is 162 g/mol. The summed E-state index contributed by atoms with van der Waals surface area (Å²) in [6.07, 6.45) is 3.20. The third-order valence-electron chi connectivity index (χ3n) is 2.75. The van der Waals surface area contributed by atoms with E-state index >= 15 is 0 Å². The first-order valence-corrected chi connectivity index (χ1v) is 4.64. The SMILES string of the molecule is CC(C)CC1CCC(=O)C1C.[2H][2H].[2H][2H]. The molecular formula is C10H22O. The predicted molar refractivity (Wildman–Crippen MR) is 50.6 cm³/mol. The molecule has 0 amide bonds. The first-order chi connectivity index (χ1) is 7.11. The summed E-state index contributed by atoms with van der Waals surface area (Å²) in [5.41, 5.74) is 0. The molecule has 68 valence electrons. The molecule has 0 radical (unpaired) electrons. The van der Waals surface area contributed by atoms with E-state index in [-0.39, 0.29) is 0 Å². The average Bonchev–Trinajstić information content (AvgIpc) is 2.55. The summed E-state index contributed by atoms with van der Waals surface area (Å²) in [4.78, 5) is 11.2. The number of carbonyl (C=O) groups excluding carboxylic acids is 1. The van der Waals surface area contributed by atoms with E-state index in [0.717, 1.165) is 18.8 Å².